The summed E-state index contributed by atoms with van der Waals surface area (Å²) in [7, 11) is -3.39. The van der Waals surface area contributed by atoms with Gasteiger partial charge in [0.2, 0.25) is 10.0 Å². The van der Waals surface area contributed by atoms with Crippen molar-refractivity contribution in [2.75, 3.05) is 13.1 Å². The maximum atomic E-state index is 12.7. The highest BCUT2D eigenvalue weighted by atomic mass is 79.9. The Hall–Kier alpha value is -0.390. The molecule has 0 amide bonds. The molecular weight excluding hydrogens is 326 g/mol. The normalized spacial score (nSPS) is 12.0. The van der Waals surface area contributed by atoms with Gasteiger partial charge in [-0.25, -0.2) is 8.42 Å². The molecular formula is C14H22BrNO2S. The van der Waals surface area contributed by atoms with Crippen LogP contribution in [0.25, 0.3) is 0 Å². The Bertz CT molecular complexity index is 480. The minimum atomic E-state index is -3.39. The average Bonchev–Trinajstić information content (AvgIpc) is 2.39. The monoisotopic (exact) mass is 347 g/mol. The van der Waals surface area contributed by atoms with Crippen LogP contribution in [-0.2, 0) is 10.0 Å². The highest BCUT2D eigenvalue weighted by Gasteiger charge is 2.25. The van der Waals surface area contributed by atoms with Crippen molar-refractivity contribution in [3.05, 3.63) is 28.7 Å². The van der Waals surface area contributed by atoms with Crippen LogP contribution in [0.2, 0.25) is 0 Å². The number of sulfonamides is 1. The highest BCUT2D eigenvalue weighted by molar-refractivity contribution is 9.10. The van der Waals surface area contributed by atoms with E-state index in [2.05, 4.69) is 29.8 Å². The third-order valence-electron chi connectivity index (χ3n) is 2.98. The molecule has 0 spiro atoms. The third kappa shape index (κ3) is 4.58. The molecule has 0 saturated carbocycles. The fraction of sp³-hybridized carbons (Fsp3) is 0.571. The third-order valence-corrected chi connectivity index (χ3v) is 5.89. The topological polar surface area (TPSA) is 37.4 Å². The lowest BCUT2D eigenvalue weighted by Gasteiger charge is -2.22. The molecule has 0 unspecified atom stereocenters. The second-order valence-corrected chi connectivity index (χ2v) is 7.30. The van der Waals surface area contributed by atoms with E-state index in [-0.39, 0.29) is 0 Å². The summed E-state index contributed by atoms with van der Waals surface area (Å²) in [5, 5.41) is 0. The van der Waals surface area contributed by atoms with E-state index in [1.807, 2.05) is 6.07 Å². The summed E-state index contributed by atoms with van der Waals surface area (Å²) < 4.78 is 27.6. The van der Waals surface area contributed by atoms with Crippen LogP contribution in [0.15, 0.2) is 33.6 Å². The first-order valence-corrected chi connectivity index (χ1v) is 9.02. The average molecular weight is 348 g/mol. The Morgan fingerprint density at radius 2 is 1.58 bits per heavy atom. The Morgan fingerprint density at radius 1 is 1.05 bits per heavy atom. The van der Waals surface area contributed by atoms with Gasteiger partial charge in [-0.3, -0.25) is 0 Å². The Kier molecular flexibility index (Phi) is 7.04. The van der Waals surface area contributed by atoms with Crippen LogP contribution < -0.4 is 0 Å². The molecule has 0 aliphatic heterocycles. The number of hydrogen-bond acceptors (Lipinski definition) is 2. The minimum Gasteiger partial charge on any atom is -0.207 e. The molecule has 5 heteroatoms. The molecule has 0 heterocycles. The van der Waals surface area contributed by atoms with Crippen molar-refractivity contribution in [1.29, 1.82) is 0 Å². The van der Waals surface area contributed by atoms with E-state index in [0.717, 1.165) is 25.7 Å². The zero-order chi connectivity index (χ0) is 14.3. The summed E-state index contributed by atoms with van der Waals surface area (Å²) in [6.45, 7) is 5.34. The molecule has 0 aromatic heterocycles. The van der Waals surface area contributed by atoms with Crippen molar-refractivity contribution in [1.82, 2.24) is 4.31 Å². The Balaban J connectivity index is 3.01. The van der Waals surface area contributed by atoms with E-state index in [9.17, 15) is 8.42 Å². The first-order chi connectivity index (χ1) is 9.04. The molecule has 108 valence electrons. The predicted molar refractivity (Wildman–Crippen MR) is 82.7 cm³/mol. The quantitative estimate of drug-likeness (QED) is 0.711. The molecule has 0 radical (unpaired) electrons. The summed E-state index contributed by atoms with van der Waals surface area (Å²) in [6.07, 6.45) is 3.78. The summed E-state index contributed by atoms with van der Waals surface area (Å²) >= 11 is 3.33. The van der Waals surface area contributed by atoms with E-state index in [0.29, 0.717) is 22.5 Å². The second kappa shape index (κ2) is 8.02. The van der Waals surface area contributed by atoms with Crippen molar-refractivity contribution < 1.29 is 8.42 Å². The SMILES string of the molecule is CCCCN(CCCC)S(=O)(=O)c1ccccc1Br. The van der Waals surface area contributed by atoms with Gasteiger partial charge in [0, 0.05) is 17.6 Å². The van der Waals surface area contributed by atoms with Crippen molar-refractivity contribution in [2.45, 2.75) is 44.4 Å². The lowest BCUT2D eigenvalue weighted by Crippen LogP contribution is -2.33. The van der Waals surface area contributed by atoms with Crippen LogP contribution >= 0.6 is 15.9 Å². The van der Waals surface area contributed by atoms with Crippen molar-refractivity contribution >= 4 is 26.0 Å². The molecule has 0 bridgehead atoms. The number of halogens is 1. The lowest BCUT2D eigenvalue weighted by molar-refractivity contribution is 0.395. The molecule has 3 nitrogen and oxygen atoms in total. The smallest absolute Gasteiger partial charge is 0.207 e. The fourth-order valence-corrected chi connectivity index (χ4v) is 4.29. The first-order valence-electron chi connectivity index (χ1n) is 6.78. The van der Waals surface area contributed by atoms with Gasteiger partial charge in [-0.05, 0) is 40.9 Å². The van der Waals surface area contributed by atoms with Crippen molar-refractivity contribution in [3.8, 4) is 0 Å². The van der Waals surface area contributed by atoms with Gasteiger partial charge in [-0.15, -0.1) is 0 Å². The molecule has 1 rings (SSSR count). The summed E-state index contributed by atoms with van der Waals surface area (Å²) in [5.74, 6) is 0. The van der Waals surface area contributed by atoms with Crippen LogP contribution in [0.1, 0.15) is 39.5 Å². The number of unbranched alkanes of at least 4 members (excludes halogenated alkanes) is 2. The van der Waals surface area contributed by atoms with Crippen molar-refractivity contribution in [2.24, 2.45) is 0 Å². The van der Waals surface area contributed by atoms with Gasteiger partial charge >= 0.3 is 0 Å². The van der Waals surface area contributed by atoms with Gasteiger partial charge < -0.3 is 0 Å². The maximum Gasteiger partial charge on any atom is 0.244 e. The maximum absolute atomic E-state index is 12.7. The molecule has 1 aromatic carbocycles. The van der Waals surface area contributed by atoms with Gasteiger partial charge in [0.05, 0.1) is 4.90 Å². The van der Waals surface area contributed by atoms with E-state index in [1.54, 1.807) is 22.5 Å². The fourth-order valence-electron chi connectivity index (χ4n) is 1.81. The molecule has 1 aromatic rings. The zero-order valence-electron chi connectivity index (χ0n) is 11.6. The van der Waals surface area contributed by atoms with Crippen LogP contribution in [-0.4, -0.2) is 25.8 Å². The van der Waals surface area contributed by atoms with E-state index in [4.69, 9.17) is 0 Å². The van der Waals surface area contributed by atoms with Crippen LogP contribution in [0.3, 0.4) is 0 Å². The second-order valence-electron chi connectivity index (χ2n) is 4.54. The van der Waals surface area contributed by atoms with Gasteiger partial charge in [0.1, 0.15) is 0 Å². The summed E-state index contributed by atoms with van der Waals surface area (Å²) in [5.41, 5.74) is 0. The molecule has 0 aliphatic rings. The number of benzene rings is 1. The van der Waals surface area contributed by atoms with E-state index >= 15 is 0 Å². The van der Waals surface area contributed by atoms with Crippen LogP contribution in [0.5, 0.6) is 0 Å². The highest BCUT2D eigenvalue weighted by Crippen LogP contribution is 2.25. The molecule has 19 heavy (non-hydrogen) atoms. The standard InChI is InChI=1S/C14H22BrNO2S/c1-3-5-11-16(12-6-4-2)19(17,18)14-10-8-7-9-13(14)15/h7-10H,3-6,11-12H2,1-2H3. The van der Waals surface area contributed by atoms with Crippen LogP contribution in [0, 0.1) is 0 Å². The lowest BCUT2D eigenvalue weighted by atomic mass is 10.3. The van der Waals surface area contributed by atoms with Crippen molar-refractivity contribution in [3.63, 3.8) is 0 Å². The molecule has 0 N–H and O–H groups in total. The molecule has 0 aliphatic carbocycles. The molecule has 0 saturated heterocycles. The number of nitrogens with zero attached hydrogens (tertiary/aromatic N) is 1. The predicted octanol–water partition coefficient (Wildman–Crippen LogP) is 4.04. The minimum absolute atomic E-state index is 0.363. The van der Waals surface area contributed by atoms with Gasteiger partial charge in [-0.2, -0.15) is 4.31 Å². The summed E-state index contributed by atoms with van der Waals surface area (Å²) in [6, 6.07) is 7.01. The largest absolute Gasteiger partial charge is 0.244 e. The number of rotatable bonds is 8. The van der Waals surface area contributed by atoms with E-state index < -0.39 is 10.0 Å². The van der Waals surface area contributed by atoms with Gasteiger partial charge in [0.15, 0.2) is 0 Å². The van der Waals surface area contributed by atoms with Gasteiger partial charge in [-0.1, -0.05) is 38.8 Å². The molecule has 0 atom stereocenters. The van der Waals surface area contributed by atoms with E-state index in [1.165, 1.54) is 0 Å². The van der Waals surface area contributed by atoms with Crippen LogP contribution in [0.4, 0.5) is 0 Å². The Labute approximate surface area is 125 Å². The summed E-state index contributed by atoms with van der Waals surface area (Å²) in [4.78, 5) is 0.363. The number of hydrogen-bond donors (Lipinski definition) is 0. The molecule has 0 fully saturated rings. The Morgan fingerprint density at radius 3 is 2.05 bits per heavy atom. The first kappa shape index (κ1) is 16.7. The zero-order valence-corrected chi connectivity index (χ0v) is 14.0. The van der Waals surface area contributed by atoms with Gasteiger partial charge in [0.25, 0.3) is 0 Å².